The van der Waals surface area contributed by atoms with Crippen LogP contribution in [0.3, 0.4) is 0 Å². The Morgan fingerprint density at radius 3 is 2.39 bits per heavy atom. The summed E-state index contributed by atoms with van der Waals surface area (Å²) in [6.07, 6.45) is 0. The van der Waals surface area contributed by atoms with Gasteiger partial charge in [-0.2, -0.15) is 18.6 Å². The van der Waals surface area contributed by atoms with E-state index in [1.165, 1.54) is 18.2 Å². The number of nitrogens with zero attached hydrogens (tertiary/aromatic N) is 2. The molecule has 0 aliphatic heterocycles. The number of halogens is 1. The van der Waals surface area contributed by atoms with Gasteiger partial charge in [0.15, 0.2) is 0 Å². The molecule has 0 aliphatic rings. The van der Waals surface area contributed by atoms with Gasteiger partial charge in [0.25, 0.3) is 10.1 Å². The van der Waals surface area contributed by atoms with E-state index in [0.29, 0.717) is 10.8 Å². The first-order chi connectivity index (χ1) is 12.7. The Morgan fingerprint density at radius 2 is 1.75 bits per heavy atom. The first-order valence-corrected chi connectivity index (χ1v) is 9.13. The molecule has 143 valence electrons. The number of carboxylic acid groups (broad SMARTS) is 1. The predicted molar refractivity (Wildman–Crippen MR) is 93.2 cm³/mol. The molecule has 11 heteroatoms. The first-order valence-electron chi connectivity index (χ1n) is 7.31. The average molecular weight is 460 g/mol. The van der Waals surface area contributed by atoms with E-state index < -0.39 is 32.3 Å². The summed E-state index contributed by atoms with van der Waals surface area (Å²) in [4.78, 5) is 10.6. The Kier molecular flexibility index (Phi) is 6.43. The molecule has 0 aromatic heterocycles. The standard InChI is InChI=1S/C17H11ClN2O6S.Mn/c18-13-6-5-10(8-14(13)27(24,25)26)19-20-15-11-4-2-1-3-9(11)7-12(16(15)21)17(22)23;/h1-8,21H,(H,22,23)(H,24,25,26);/q;+2/p-2. The second kappa shape index (κ2) is 8.25. The van der Waals surface area contributed by atoms with Gasteiger partial charge >= 0.3 is 17.1 Å². The van der Waals surface area contributed by atoms with E-state index in [4.69, 9.17) is 16.2 Å². The molecule has 3 aromatic rings. The summed E-state index contributed by atoms with van der Waals surface area (Å²) in [7, 11) is -4.58. The molecule has 3 rings (SSSR count). The van der Waals surface area contributed by atoms with Crippen LogP contribution in [-0.4, -0.2) is 18.9 Å². The fourth-order valence-electron chi connectivity index (χ4n) is 2.42. The van der Waals surface area contributed by atoms with Gasteiger partial charge in [0.1, 0.15) is 4.90 Å². The number of hydrogen-bond donors (Lipinski definition) is 1. The topological polar surface area (TPSA) is 142 Å². The molecular weight excluding hydrogens is 451 g/mol. The fourth-order valence-corrected chi connectivity index (χ4v) is 3.41. The Hall–Kier alpha value is -2.49. The first kappa shape index (κ1) is 21.8. The summed E-state index contributed by atoms with van der Waals surface area (Å²) >= 11 is 5.72. The molecule has 0 heterocycles. The van der Waals surface area contributed by atoms with E-state index in [9.17, 15) is 23.4 Å². The van der Waals surface area contributed by atoms with Crippen molar-refractivity contribution in [1.82, 2.24) is 0 Å². The van der Waals surface area contributed by atoms with Gasteiger partial charge in [-0.1, -0.05) is 41.6 Å². The van der Waals surface area contributed by atoms with Gasteiger partial charge in [0.2, 0.25) is 0 Å². The van der Waals surface area contributed by atoms with Crippen LogP contribution in [0.2, 0.25) is 5.02 Å². The van der Waals surface area contributed by atoms with Crippen LogP contribution in [0.15, 0.2) is 63.7 Å². The third kappa shape index (κ3) is 4.32. The normalized spacial score (nSPS) is 11.5. The molecule has 1 N–H and O–H groups in total. The van der Waals surface area contributed by atoms with Crippen LogP contribution in [-0.2, 0) is 27.2 Å². The molecular formula is C17H9ClMnN2O6S. The molecule has 0 unspecified atom stereocenters. The number of fused-ring (bicyclic) bond motifs is 1. The maximum Gasteiger partial charge on any atom is 2.00 e. The summed E-state index contributed by atoms with van der Waals surface area (Å²) in [5, 5.41) is 31.8. The molecule has 28 heavy (non-hydrogen) atoms. The van der Waals surface area contributed by atoms with E-state index in [2.05, 4.69) is 10.2 Å². The fraction of sp³-hybridized carbons (Fsp3) is 0. The smallest absolute Gasteiger partial charge is 0.871 e. The van der Waals surface area contributed by atoms with Crippen LogP contribution in [0.25, 0.3) is 10.8 Å². The maximum absolute atomic E-state index is 12.4. The molecule has 0 saturated heterocycles. The largest absolute Gasteiger partial charge is 2.00 e. The molecule has 3 aromatic carbocycles. The minimum absolute atomic E-state index is 0. The second-order valence-electron chi connectivity index (χ2n) is 5.40. The number of rotatable bonds is 4. The van der Waals surface area contributed by atoms with Crippen LogP contribution in [0, 0.1) is 0 Å². The van der Waals surface area contributed by atoms with Crippen molar-refractivity contribution in [3.63, 3.8) is 0 Å². The van der Waals surface area contributed by atoms with Crippen molar-refractivity contribution >= 4 is 49.8 Å². The third-order valence-corrected chi connectivity index (χ3v) is 4.99. The molecule has 0 bridgehead atoms. The van der Waals surface area contributed by atoms with Crippen LogP contribution >= 0.6 is 11.6 Å². The van der Waals surface area contributed by atoms with E-state index in [1.807, 2.05) is 0 Å². The van der Waals surface area contributed by atoms with Crippen molar-refractivity contribution in [2.45, 2.75) is 4.90 Å². The molecule has 0 atom stereocenters. The summed E-state index contributed by atoms with van der Waals surface area (Å²) in [6.45, 7) is 0. The van der Waals surface area contributed by atoms with E-state index >= 15 is 0 Å². The number of carbonyl (C=O) groups excluding carboxylic acids is 1. The van der Waals surface area contributed by atoms with Gasteiger partial charge in [-0.15, -0.1) is 0 Å². The van der Waals surface area contributed by atoms with Gasteiger partial charge < -0.3 is 15.0 Å². The predicted octanol–water partition coefficient (Wildman–Crippen LogP) is 2.59. The van der Waals surface area contributed by atoms with Gasteiger partial charge in [-0.05, 0) is 35.2 Å². The van der Waals surface area contributed by atoms with Crippen LogP contribution in [0.1, 0.15) is 10.4 Å². The molecule has 0 fully saturated rings. The second-order valence-corrected chi connectivity index (χ2v) is 7.20. The third-order valence-electron chi connectivity index (χ3n) is 3.65. The molecule has 0 spiro atoms. The monoisotopic (exact) mass is 459 g/mol. The molecule has 0 amide bonds. The maximum atomic E-state index is 12.4. The van der Waals surface area contributed by atoms with E-state index in [0.717, 1.165) is 6.07 Å². The van der Waals surface area contributed by atoms with Crippen molar-refractivity contribution in [2.75, 3.05) is 0 Å². The number of benzene rings is 3. The molecule has 0 aliphatic carbocycles. The van der Waals surface area contributed by atoms with Crippen molar-refractivity contribution < 1.29 is 45.0 Å². The van der Waals surface area contributed by atoms with Gasteiger partial charge in [0, 0.05) is 5.39 Å². The summed E-state index contributed by atoms with van der Waals surface area (Å²) in [5.74, 6) is -2.54. The van der Waals surface area contributed by atoms with Crippen LogP contribution in [0.5, 0.6) is 5.75 Å². The van der Waals surface area contributed by atoms with Crippen molar-refractivity contribution in [3.8, 4) is 5.75 Å². The Bertz CT molecular complexity index is 1210. The van der Waals surface area contributed by atoms with Gasteiger partial charge in [-0.25, -0.2) is 0 Å². The minimum Gasteiger partial charge on any atom is -0.871 e. The van der Waals surface area contributed by atoms with Gasteiger partial charge in [0.05, 0.1) is 22.4 Å². The zero-order valence-corrected chi connectivity index (χ0v) is 16.4. The molecule has 1 radical (unpaired) electrons. The zero-order chi connectivity index (χ0) is 19.8. The van der Waals surface area contributed by atoms with E-state index in [1.54, 1.807) is 24.3 Å². The number of hydrogen-bond acceptors (Lipinski definition) is 7. The minimum atomic E-state index is -4.58. The van der Waals surface area contributed by atoms with Crippen LogP contribution in [0.4, 0.5) is 11.4 Å². The van der Waals surface area contributed by atoms with Crippen molar-refractivity contribution in [3.05, 3.63) is 59.1 Å². The number of azo groups is 1. The number of carboxylic acids is 1. The Labute approximate surface area is 174 Å². The van der Waals surface area contributed by atoms with Crippen molar-refractivity contribution in [1.29, 1.82) is 0 Å². The van der Waals surface area contributed by atoms with E-state index in [-0.39, 0.29) is 33.5 Å². The number of aromatic carboxylic acids is 1. The number of carbonyl (C=O) groups is 1. The summed E-state index contributed by atoms with van der Waals surface area (Å²) in [5.41, 5.74) is -0.831. The average Bonchev–Trinajstić information content (AvgIpc) is 2.60. The van der Waals surface area contributed by atoms with Crippen molar-refractivity contribution in [2.24, 2.45) is 10.2 Å². The summed E-state index contributed by atoms with van der Waals surface area (Å²) < 4.78 is 31.8. The van der Waals surface area contributed by atoms with Gasteiger partial charge in [-0.3, -0.25) is 4.55 Å². The van der Waals surface area contributed by atoms with Crippen LogP contribution < -0.4 is 10.2 Å². The zero-order valence-electron chi connectivity index (χ0n) is 13.7. The molecule has 0 saturated carbocycles. The SMILES string of the molecule is O=C([O-])c1cc2ccccc2c(N=Nc2ccc(Cl)c(S(=O)(=O)O)c2)c1[O-].[Mn+2]. The Morgan fingerprint density at radius 1 is 1.07 bits per heavy atom. The summed E-state index contributed by atoms with van der Waals surface area (Å²) in [6, 6.07) is 11.1. The quantitative estimate of drug-likeness (QED) is 0.361. The molecule has 8 nitrogen and oxygen atoms in total. The Balaban J connectivity index is 0.00000280.